The van der Waals surface area contributed by atoms with E-state index in [1.807, 2.05) is 13.0 Å². The van der Waals surface area contributed by atoms with E-state index in [1.165, 1.54) is 44.3 Å². The lowest BCUT2D eigenvalue weighted by Crippen LogP contribution is -2.41. The van der Waals surface area contributed by atoms with Crippen LogP contribution in [0.5, 0.6) is 0 Å². The molecule has 0 bridgehead atoms. The Morgan fingerprint density at radius 1 is 1.24 bits per heavy atom. The number of nitrogens with zero attached hydrogens (tertiary/aromatic N) is 2. The van der Waals surface area contributed by atoms with Gasteiger partial charge >= 0.3 is 0 Å². The Labute approximate surface area is 126 Å². The monoisotopic (exact) mass is 287 g/mol. The van der Waals surface area contributed by atoms with Gasteiger partial charge in [-0.15, -0.1) is 0 Å². The van der Waals surface area contributed by atoms with Crippen LogP contribution in [-0.4, -0.2) is 24.1 Å². The van der Waals surface area contributed by atoms with Crippen molar-refractivity contribution >= 4 is 11.5 Å². The molecule has 3 N–H and O–H groups in total. The fraction of sp³-hybridized carbons (Fsp3) is 0.588. The van der Waals surface area contributed by atoms with E-state index in [0.717, 1.165) is 29.5 Å². The number of nitrogens with two attached hydrogens (primary N) is 1. The second-order valence-electron chi connectivity index (χ2n) is 6.52. The Morgan fingerprint density at radius 2 is 2.00 bits per heavy atom. The highest BCUT2D eigenvalue weighted by Gasteiger charge is 2.31. The summed E-state index contributed by atoms with van der Waals surface area (Å²) in [4.78, 5) is 2.51. The summed E-state index contributed by atoms with van der Waals surface area (Å²) < 4.78 is 0. The van der Waals surface area contributed by atoms with Crippen molar-refractivity contribution in [2.75, 3.05) is 18.0 Å². The van der Waals surface area contributed by atoms with Gasteiger partial charge in [-0.25, -0.2) is 0 Å². The average Bonchev–Trinajstić information content (AvgIpc) is 2.53. The second kappa shape index (κ2) is 5.96. The fourth-order valence-electron chi connectivity index (χ4n) is 4.02. The quantitative estimate of drug-likeness (QED) is 0.380. The molecule has 1 aromatic rings. The zero-order chi connectivity index (χ0) is 14.8. The lowest BCUT2D eigenvalue weighted by molar-refractivity contribution is 0.202. The lowest BCUT2D eigenvalue weighted by Gasteiger charge is -2.42. The second-order valence-corrected chi connectivity index (χ2v) is 6.52. The number of benzene rings is 1. The predicted molar refractivity (Wildman–Crippen MR) is 86.0 cm³/mol. The van der Waals surface area contributed by atoms with Gasteiger partial charge in [0.05, 0.1) is 0 Å². The van der Waals surface area contributed by atoms with Crippen molar-refractivity contribution in [2.45, 2.75) is 39.0 Å². The van der Waals surface area contributed by atoms with Crippen molar-refractivity contribution in [2.24, 2.45) is 22.7 Å². The van der Waals surface area contributed by atoms with E-state index in [0.29, 0.717) is 0 Å². The molecule has 114 valence electrons. The van der Waals surface area contributed by atoms with E-state index in [2.05, 4.69) is 22.2 Å². The molecule has 1 heterocycles. The first-order chi connectivity index (χ1) is 10.2. The maximum Gasteiger partial charge on any atom is 0.170 e. The topological polar surface area (TPSA) is 61.8 Å². The molecule has 0 aromatic heterocycles. The molecule has 2 atom stereocenters. The number of fused-ring (bicyclic) bond motifs is 1. The van der Waals surface area contributed by atoms with Gasteiger partial charge in [-0.2, -0.15) is 0 Å². The molecule has 1 saturated heterocycles. The summed E-state index contributed by atoms with van der Waals surface area (Å²) >= 11 is 0. The molecule has 2 fully saturated rings. The summed E-state index contributed by atoms with van der Waals surface area (Å²) in [5.41, 5.74) is 8.84. The molecule has 1 aromatic carbocycles. The van der Waals surface area contributed by atoms with E-state index in [9.17, 15) is 0 Å². The molecule has 1 aliphatic carbocycles. The molecule has 4 heteroatoms. The van der Waals surface area contributed by atoms with Crippen LogP contribution in [0.2, 0.25) is 0 Å². The molecule has 2 aliphatic rings. The fourth-order valence-corrected chi connectivity index (χ4v) is 4.02. The Balaban J connectivity index is 1.76. The third kappa shape index (κ3) is 2.85. The molecule has 2 unspecified atom stereocenters. The normalized spacial score (nSPS) is 26.5. The molecular weight excluding hydrogens is 262 g/mol. The third-order valence-corrected chi connectivity index (χ3v) is 5.25. The number of rotatable bonds is 2. The van der Waals surface area contributed by atoms with Gasteiger partial charge in [0.25, 0.3) is 0 Å². The van der Waals surface area contributed by atoms with Crippen LogP contribution in [0.25, 0.3) is 0 Å². The summed E-state index contributed by atoms with van der Waals surface area (Å²) in [7, 11) is 0. The smallest absolute Gasteiger partial charge is 0.170 e. The van der Waals surface area contributed by atoms with Crippen LogP contribution in [0.3, 0.4) is 0 Å². The minimum absolute atomic E-state index is 0.185. The first-order valence-electron chi connectivity index (χ1n) is 8.02. The molecule has 4 nitrogen and oxygen atoms in total. The first kappa shape index (κ1) is 14.2. The van der Waals surface area contributed by atoms with Crippen LogP contribution in [0.15, 0.2) is 23.4 Å². The number of aryl methyl sites for hydroxylation is 1. The van der Waals surface area contributed by atoms with E-state index in [1.54, 1.807) is 0 Å². The molecule has 0 spiro atoms. The first-order valence-corrected chi connectivity index (χ1v) is 8.02. The van der Waals surface area contributed by atoms with Gasteiger partial charge in [-0.05, 0) is 55.4 Å². The molecule has 0 amide bonds. The number of hydrogen-bond donors (Lipinski definition) is 2. The highest BCUT2D eigenvalue weighted by Crippen LogP contribution is 2.37. The SMILES string of the molecule is Cc1cc(N2CCC3CCCCC3C2)ccc1/C(N)=N/O. The standard InChI is InChI=1S/C17H25N3O/c1-12-10-15(6-7-16(12)17(18)19-21)20-9-8-13-4-2-3-5-14(13)11-20/h6-7,10,13-14,21H,2-5,8-9,11H2,1H3,(H2,18,19). The zero-order valence-electron chi connectivity index (χ0n) is 12.8. The van der Waals surface area contributed by atoms with Crippen LogP contribution < -0.4 is 10.6 Å². The van der Waals surface area contributed by atoms with Crippen molar-refractivity contribution in [3.05, 3.63) is 29.3 Å². The van der Waals surface area contributed by atoms with Crippen LogP contribution in [-0.2, 0) is 0 Å². The maximum atomic E-state index is 8.81. The number of oxime groups is 1. The largest absolute Gasteiger partial charge is 0.409 e. The molecule has 1 aliphatic heterocycles. The Morgan fingerprint density at radius 3 is 2.71 bits per heavy atom. The molecule has 1 saturated carbocycles. The molecular formula is C17H25N3O. The lowest BCUT2D eigenvalue weighted by atomic mass is 9.75. The highest BCUT2D eigenvalue weighted by atomic mass is 16.4. The van der Waals surface area contributed by atoms with Gasteiger partial charge in [-0.3, -0.25) is 0 Å². The molecule has 3 rings (SSSR count). The minimum Gasteiger partial charge on any atom is -0.409 e. The summed E-state index contributed by atoms with van der Waals surface area (Å²) in [6.07, 6.45) is 6.97. The molecule has 0 radical (unpaired) electrons. The maximum absolute atomic E-state index is 8.81. The van der Waals surface area contributed by atoms with Gasteiger partial charge in [-0.1, -0.05) is 24.4 Å². The van der Waals surface area contributed by atoms with Crippen molar-refractivity contribution in [1.29, 1.82) is 0 Å². The number of piperidine rings is 1. The van der Waals surface area contributed by atoms with Crippen molar-refractivity contribution < 1.29 is 5.21 Å². The number of hydrogen-bond acceptors (Lipinski definition) is 3. The summed E-state index contributed by atoms with van der Waals surface area (Å²) in [6, 6.07) is 6.23. The summed E-state index contributed by atoms with van der Waals surface area (Å²) in [5, 5.41) is 11.9. The summed E-state index contributed by atoms with van der Waals surface area (Å²) in [5.74, 6) is 2.01. The van der Waals surface area contributed by atoms with E-state index < -0.39 is 0 Å². The van der Waals surface area contributed by atoms with Gasteiger partial charge in [0.15, 0.2) is 5.84 Å². The number of anilines is 1. The Kier molecular flexibility index (Phi) is 4.04. The van der Waals surface area contributed by atoms with Gasteiger partial charge in [0, 0.05) is 24.3 Å². The van der Waals surface area contributed by atoms with Crippen LogP contribution in [0.1, 0.15) is 43.2 Å². The highest BCUT2D eigenvalue weighted by molar-refractivity contribution is 5.98. The summed E-state index contributed by atoms with van der Waals surface area (Å²) in [6.45, 7) is 4.36. The van der Waals surface area contributed by atoms with Crippen LogP contribution in [0.4, 0.5) is 5.69 Å². The zero-order valence-corrected chi connectivity index (χ0v) is 12.8. The van der Waals surface area contributed by atoms with E-state index in [-0.39, 0.29) is 5.84 Å². The average molecular weight is 287 g/mol. The van der Waals surface area contributed by atoms with Gasteiger partial charge in [0.2, 0.25) is 0 Å². The van der Waals surface area contributed by atoms with E-state index >= 15 is 0 Å². The van der Waals surface area contributed by atoms with Crippen LogP contribution >= 0.6 is 0 Å². The molecule has 21 heavy (non-hydrogen) atoms. The van der Waals surface area contributed by atoms with Crippen molar-refractivity contribution in [3.63, 3.8) is 0 Å². The van der Waals surface area contributed by atoms with Crippen LogP contribution in [0, 0.1) is 18.8 Å². The van der Waals surface area contributed by atoms with Gasteiger partial charge < -0.3 is 15.8 Å². The number of amidine groups is 1. The van der Waals surface area contributed by atoms with Gasteiger partial charge in [0.1, 0.15) is 0 Å². The third-order valence-electron chi connectivity index (χ3n) is 5.25. The van der Waals surface area contributed by atoms with E-state index in [4.69, 9.17) is 10.9 Å². The minimum atomic E-state index is 0.185. The Bertz CT molecular complexity index is 541. The van der Waals surface area contributed by atoms with Crippen molar-refractivity contribution in [1.82, 2.24) is 0 Å². The van der Waals surface area contributed by atoms with Crippen molar-refractivity contribution in [3.8, 4) is 0 Å². The Hall–Kier alpha value is -1.71. The predicted octanol–water partition coefficient (Wildman–Crippen LogP) is 3.11.